The normalized spacial score (nSPS) is 10.1. The lowest BCUT2D eigenvalue weighted by molar-refractivity contribution is 0.299. The number of ether oxygens (including phenoxy) is 1. The first-order valence-electron chi connectivity index (χ1n) is 7.98. The number of nitrogens with two attached hydrogens (primary N) is 1. The molecule has 0 saturated carbocycles. The van der Waals surface area contributed by atoms with Gasteiger partial charge in [-0.1, -0.05) is 18.2 Å². The first kappa shape index (κ1) is 18.6. The van der Waals surface area contributed by atoms with E-state index < -0.39 is 17.2 Å². The molecule has 3 N–H and O–H groups in total. The SMILES string of the molecule is N#Cc1c(N)[nH]c(=O)c(C#N)c1-c1ccc(F)cc1OCc1ccccc1F. The van der Waals surface area contributed by atoms with Crippen LogP contribution >= 0.6 is 0 Å². The van der Waals surface area contributed by atoms with Gasteiger partial charge >= 0.3 is 0 Å². The Morgan fingerprint density at radius 2 is 1.79 bits per heavy atom. The standard InChI is InChI=1S/C20H12F2N4O2/c21-12-5-6-13(17(7-12)28-10-11-3-1-2-4-16(11)22)18-14(8-23)19(25)26-20(27)15(18)9-24/h1-7H,10H2,(H3,25,26,27). The number of halogens is 2. The Bertz CT molecular complexity index is 1210. The van der Waals surface area contributed by atoms with Crippen molar-refractivity contribution >= 4 is 5.82 Å². The second kappa shape index (κ2) is 7.60. The van der Waals surface area contributed by atoms with E-state index in [-0.39, 0.29) is 46.0 Å². The third-order valence-electron chi connectivity index (χ3n) is 4.02. The highest BCUT2D eigenvalue weighted by atomic mass is 19.1. The van der Waals surface area contributed by atoms with Crippen molar-refractivity contribution in [2.24, 2.45) is 0 Å². The molecule has 28 heavy (non-hydrogen) atoms. The highest BCUT2D eigenvalue weighted by Crippen LogP contribution is 2.36. The zero-order valence-electron chi connectivity index (χ0n) is 14.3. The van der Waals surface area contributed by atoms with E-state index >= 15 is 0 Å². The number of rotatable bonds is 4. The van der Waals surface area contributed by atoms with Crippen molar-refractivity contribution in [1.82, 2.24) is 4.98 Å². The number of aromatic nitrogens is 1. The third-order valence-corrected chi connectivity index (χ3v) is 4.02. The van der Waals surface area contributed by atoms with Crippen LogP contribution in [0.25, 0.3) is 11.1 Å². The van der Waals surface area contributed by atoms with Crippen molar-refractivity contribution in [1.29, 1.82) is 10.5 Å². The van der Waals surface area contributed by atoms with Crippen LogP contribution in [0.4, 0.5) is 14.6 Å². The van der Waals surface area contributed by atoms with Crippen LogP contribution in [0.5, 0.6) is 5.75 Å². The fraction of sp³-hybridized carbons (Fsp3) is 0.0500. The van der Waals surface area contributed by atoms with E-state index in [0.29, 0.717) is 0 Å². The van der Waals surface area contributed by atoms with Gasteiger partial charge in [0.2, 0.25) is 0 Å². The molecule has 0 radical (unpaired) electrons. The quantitative estimate of drug-likeness (QED) is 0.723. The average molecular weight is 378 g/mol. The van der Waals surface area contributed by atoms with E-state index in [1.165, 1.54) is 24.3 Å². The van der Waals surface area contributed by atoms with Gasteiger partial charge in [0.05, 0.1) is 0 Å². The highest BCUT2D eigenvalue weighted by Gasteiger charge is 2.21. The van der Waals surface area contributed by atoms with Crippen molar-refractivity contribution < 1.29 is 13.5 Å². The summed E-state index contributed by atoms with van der Waals surface area (Å²) >= 11 is 0. The van der Waals surface area contributed by atoms with E-state index in [4.69, 9.17) is 10.5 Å². The zero-order valence-corrected chi connectivity index (χ0v) is 14.3. The van der Waals surface area contributed by atoms with Crippen LogP contribution in [0, 0.1) is 34.3 Å². The van der Waals surface area contributed by atoms with Crippen LogP contribution in [0.1, 0.15) is 16.7 Å². The third kappa shape index (κ3) is 3.39. The van der Waals surface area contributed by atoms with Gasteiger partial charge in [0, 0.05) is 22.8 Å². The fourth-order valence-electron chi connectivity index (χ4n) is 2.71. The van der Waals surface area contributed by atoms with Crippen molar-refractivity contribution in [3.63, 3.8) is 0 Å². The number of anilines is 1. The first-order chi connectivity index (χ1) is 13.5. The largest absolute Gasteiger partial charge is 0.488 e. The minimum Gasteiger partial charge on any atom is -0.488 e. The number of hydrogen-bond donors (Lipinski definition) is 2. The Hall–Kier alpha value is -4.17. The van der Waals surface area contributed by atoms with E-state index in [1.54, 1.807) is 12.1 Å². The minimum absolute atomic E-state index is 0.0683. The molecule has 2 aromatic carbocycles. The minimum atomic E-state index is -0.793. The van der Waals surface area contributed by atoms with Gasteiger partial charge in [-0.2, -0.15) is 10.5 Å². The number of aromatic amines is 1. The molecule has 138 valence electrons. The van der Waals surface area contributed by atoms with E-state index in [9.17, 15) is 24.1 Å². The van der Waals surface area contributed by atoms with Gasteiger partial charge in [-0.25, -0.2) is 8.78 Å². The van der Waals surface area contributed by atoms with Gasteiger partial charge in [0.1, 0.15) is 53.1 Å². The molecule has 3 aromatic rings. The molecular weight excluding hydrogens is 366 g/mol. The van der Waals surface area contributed by atoms with Crippen molar-refractivity contribution in [3.05, 3.63) is 81.1 Å². The second-order valence-corrected chi connectivity index (χ2v) is 5.74. The number of H-pyrrole nitrogens is 1. The van der Waals surface area contributed by atoms with Crippen LogP contribution in [-0.4, -0.2) is 4.98 Å². The molecule has 0 bridgehead atoms. The van der Waals surface area contributed by atoms with Crippen LogP contribution in [0.3, 0.4) is 0 Å². The van der Waals surface area contributed by atoms with Crippen LogP contribution in [0.15, 0.2) is 47.3 Å². The lowest BCUT2D eigenvalue weighted by Crippen LogP contribution is -2.16. The molecule has 0 aliphatic carbocycles. The maximum absolute atomic E-state index is 13.8. The lowest BCUT2D eigenvalue weighted by Gasteiger charge is -2.15. The molecular formula is C20H12F2N4O2. The molecule has 8 heteroatoms. The van der Waals surface area contributed by atoms with Crippen LogP contribution in [-0.2, 0) is 6.61 Å². The summed E-state index contributed by atoms with van der Waals surface area (Å²) in [5.41, 5.74) is 4.66. The Balaban J connectivity index is 2.18. The molecule has 0 unspecified atom stereocenters. The van der Waals surface area contributed by atoms with E-state index in [2.05, 4.69) is 4.98 Å². The topological polar surface area (TPSA) is 116 Å². The number of benzene rings is 2. The van der Waals surface area contributed by atoms with Crippen molar-refractivity contribution in [3.8, 4) is 29.0 Å². The summed E-state index contributed by atoms with van der Waals surface area (Å²) in [6.45, 7) is -0.231. The highest BCUT2D eigenvalue weighted by molar-refractivity contribution is 5.83. The number of nitrogens with zero attached hydrogens (tertiary/aromatic N) is 2. The molecule has 0 fully saturated rings. The summed E-state index contributed by atoms with van der Waals surface area (Å²) in [6.07, 6.45) is 0. The van der Waals surface area contributed by atoms with E-state index in [1.807, 2.05) is 6.07 Å². The lowest BCUT2D eigenvalue weighted by atomic mass is 9.96. The fourth-order valence-corrected chi connectivity index (χ4v) is 2.71. The van der Waals surface area contributed by atoms with Crippen molar-refractivity contribution in [2.75, 3.05) is 5.73 Å². The summed E-state index contributed by atoms with van der Waals surface area (Å²) in [5.74, 6) is -1.45. The van der Waals surface area contributed by atoms with Crippen LogP contribution in [0.2, 0.25) is 0 Å². The molecule has 0 saturated heterocycles. The summed E-state index contributed by atoms with van der Waals surface area (Å²) in [4.78, 5) is 14.3. The Morgan fingerprint density at radius 3 is 2.46 bits per heavy atom. The van der Waals surface area contributed by atoms with Gasteiger partial charge in [-0.15, -0.1) is 0 Å². The second-order valence-electron chi connectivity index (χ2n) is 5.74. The predicted octanol–water partition coefficient (Wildman–Crippen LogP) is 3.22. The van der Waals surface area contributed by atoms with Gasteiger partial charge < -0.3 is 15.5 Å². The number of pyridine rings is 1. The number of nitrogen functional groups attached to an aromatic ring is 1. The Kier molecular flexibility index (Phi) is 5.05. The summed E-state index contributed by atoms with van der Waals surface area (Å²) in [5, 5.41) is 18.8. The molecule has 3 rings (SSSR count). The maximum Gasteiger partial charge on any atom is 0.268 e. The molecule has 0 aliphatic heterocycles. The predicted molar refractivity (Wildman–Crippen MR) is 97.0 cm³/mol. The molecule has 0 aliphatic rings. The summed E-state index contributed by atoms with van der Waals surface area (Å²) in [6, 6.07) is 12.8. The number of nitrogens with one attached hydrogen (secondary N) is 1. The molecule has 6 nitrogen and oxygen atoms in total. The monoisotopic (exact) mass is 378 g/mol. The Morgan fingerprint density at radius 1 is 1.07 bits per heavy atom. The van der Waals surface area contributed by atoms with Gasteiger partial charge in [0.15, 0.2) is 0 Å². The van der Waals surface area contributed by atoms with Gasteiger partial charge in [-0.05, 0) is 18.2 Å². The smallest absolute Gasteiger partial charge is 0.268 e. The van der Waals surface area contributed by atoms with E-state index in [0.717, 1.165) is 12.1 Å². The maximum atomic E-state index is 13.8. The number of hydrogen-bond acceptors (Lipinski definition) is 5. The summed E-state index contributed by atoms with van der Waals surface area (Å²) < 4.78 is 33.2. The summed E-state index contributed by atoms with van der Waals surface area (Å²) in [7, 11) is 0. The van der Waals surface area contributed by atoms with Gasteiger partial charge in [-0.3, -0.25) is 4.79 Å². The van der Waals surface area contributed by atoms with Crippen molar-refractivity contribution in [2.45, 2.75) is 6.61 Å². The molecule has 0 atom stereocenters. The molecule has 0 amide bonds. The number of nitriles is 2. The molecule has 0 spiro atoms. The first-order valence-corrected chi connectivity index (χ1v) is 7.98. The van der Waals surface area contributed by atoms with Crippen LogP contribution < -0.4 is 16.0 Å². The van der Waals surface area contributed by atoms with Gasteiger partial charge in [0.25, 0.3) is 5.56 Å². The molecule has 1 heterocycles. The molecule has 1 aromatic heterocycles. The zero-order chi connectivity index (χ0) is 20.3. The average Bonchev–Trinajstić information content (AvgIpc) is 2.67. The Labute approximate surface area is 158 Å².